The van der Waals surface area contributed by atoms with Crippen molar-refractivity contribution < 1.29 is 4.39 Å². The van der Waals surface area contributed by atoms with Crippen molar-refractivity contribution in [3.63, 3.8) is 0 Å². The van der Waals surface area contributed by atoms with E-state index in [0.717, 1.165) is 30.9 Å². The molecule has 132 valence electrons. The Hall–Kier alpha value is -2.17. The maximum Gasteiger partial charge on any atom is 0.222 e. The predicted molar refractivity (Wildman–Crippen MR) is 98.1 cm³/mol. The van der Waals surface area contributed by atoms with Gasteiger partial charge < -0.3 is 10.6 Å². The summed E-state index contributed by atoms with van der Waals surface area (Å²) >= 11 is 0. The van der Waals surface area contributed by atoms with Gasteiger partial charge in [-0.15, -0.1) is 0 Å². The first-order valence-electron chi connectivity index (χ1n) is 9.29. The summed E-state index contributed by atoms with van der Waals surface area (Å²) in [5.41, 5.74) is 9.24. The number of anilines is 2. The number of aromatic nitrogens is 2. The molecule has 1 unspecified atom stereocenters. The second-order valence-corrected chi connectivity index (χ2v) is 7.33. The smallest absolute Gasteiger partial charge is 0.222 e. The van der Waals surface area contributed by atoms with Gasteiger partial charge in [0.2, 0.25) is 5.95 Å². The van der Waals surface area contributed by atoms with Crippen LogP contribution in [0.25, 0.3) is 0 Å². The lowest BCUT2D eigenvalue weighted by atomic mass is 9.93. The van der Waals surface area contributed by atoms with Crippen LogP contribution in [-0.4, -0.2) is 16.5 Å². The molecule has 2 N–H and O–H groups in total. The summed E-state index contributed by atoms with van der Waals surface area (Å²) in [5.74, 6) is 1.60. The molecule has 0 amide bonds. The van der Waals surface area contributed by atoms with Gasteiger partial charge in [0.15, 0.2) is 0 Å². The molecule has 2 heterocycles. The van der Waals surface area contributed by atoms with Gasteiger partial charge in [0.1, 0.15) is 11.6 Å². The second-order valence-electron chi connectivity index (χ2n) is 7.33. The maximum absolute atomic E-state index is 13.9. The zero-order valence-electron chi connectivity index (χ0n) is 14.7. The van der Waals surface area contributed by atoms with Crippen molar-refractivity contribution in [1.29, 1.82) is 0 Å². The highest BCUT2D eigenvalue weighted by Gasteiger charge is 2.32. The highest BCUT2D eigenvalue weighted by atomic mass is 19.1. The molecule has 0 radical (unpaired) electrons. The SMILES string of the molecule is Cc1cc(N2CCCCCC2c2ccc(F)cc2C2CC2)nc(N)n1. The van der Waals surface area contributed by atoms with E-state index in [9.17, 15) is 4.39 Å². The van der Waals surface area contributed by atoms with E-state index in [-0.39, 0.29) is 11.9 Å². The Labute approximate surface area is 148 Å². The number of nitrogen functional groups attached to an aromatic ring is 1. The minimum absolute atomic E-state index is 0.132. The lowest BCUT2D eigenvalue weighted by molar-refractivity contribution is 0.583. The van der Waals surface area contributed by atoms with Crippen LogP contribution in [0, 0.1) is 12.7 Å². The second kappa shape index (κ2) is 6.62. The fraction of sp³-hybridized carbons (Fsp3) is 0.500. The van der Waals surface area contributed by atoms with Gasteiger partial charge in [-0.25, -0.2) is 9.37 Å². The highest BCUT2D eigenvalue weighted by molar-refractivity contribution is 5.48. The van der Waals surface area contributed by atoms with Gasteiger partial charge in [0, 0.05) is 18.3 Å². The van der Waals surface area contributed by atoms with Crippen molar-refractivity contribution in [3.8, 4) is 0 Å². The average molecular weight is 340 g/mol. The van der Waals surface area contributed by atoms with E-state index >= 15 is 0 Å². The van der Waals surface area contributed by atoms with Crippen LogP contribution >= 0.6 is 0 Å². The van der Waals surface area contributed by atoms with Crippen LogP contribution < -0.4 is 10.6 Å². The topological polar surface area (TPSA) is 55.0 Å². The fourth-order valence-corrected chi connectivity index (χ4v) is 4.02. The maximum atomic E-state index is 13.9. The van der Waals surface area contributed by atoms with E-state index in [1.54, 1.807) is 12.1 Å². The first-order chi connectivity index (χ1) is 12.1. The minimum atomic E-state index is -0.132. The Kier molecular flexibility index (Phi) is 4.32. The van der Waals surface area contributed by atoms with Crippen LogP contribution in [0.1, 0.15) is 67.3 Å². The standard InChI is InChI=1S/C20H25FN4/c1-13-11-19(24-20(22)23-13)25-10-4-2-3-5-18(25)16-9-8-15(21)12-17(16)14-6-7-14/h8-9,11-12,14,18H,2-7,10H2,1H3,(H2,22,23,24). The van der Waals surface area contributed by atoms with Crippen LogP contribution in [0.4, 0.5) is 16.2 Å². The molecular weight excluding hydrogens is 315 g/mol. The number of nitrogens with zero attached hydrogens (tertiary/aromatic N) is 3. The molecule has 1 aromatic heterocycles. The van der Waals surface area contributed by atoms with E-state index in [4.69, 9.17) is 5.73 Å². The summed E-state index contributed by atoms with van der Waals surface area (Å²) in [5, 5.41) is 0. The molecule has 1 atom stereocenters. The minimum Gasteiger partial charge on any atom is -0.368 e. The van der Waals surface area contributed by atoms with Gasteiger partial charge in [0.25, 0.3) is 0 Å². The lowest BCUT2D eigenvalue weighted by Gasteiger charge is -2.33. The summed E-state index contributed by atoms with van der Waals surface area (Å²) in [4.78, 5) is 11.1. The number of aryl methyl sites for hydroxylation is 1. The lowest BCUT2D eigenvalue weighted by Crippen LogP contribution is -2.30. The van der Waals surface area contributed by atoms with E-state index in [0.29, 0.717) is 11.9 Å². The molecule has 2 aromatic rings. The Balaban J connectivity index is 1.77. The molecule has 25 heavy (non-hydrogen) atoms. The van der Waals surface area contributed by atoms with E-state index in [1.807, 2.05) is 19.1 Å². The van der Waals surface area contributed by atoms with Gasteiger partial charge >= 0.3 is 0 Å². The normalized spacial score (nSPS) is 21.2. The fourth-order valence-electron chi connectivity index (χ4n) is 4.02. The third-order valence-electron chi connectivity index (χ3n) is 5.33. The van der Waals surface area contributed by atoms with Crippen LogP contribution in [0.3, 0.4) is 0 Å². The van der Waals surface area contributed by atoms with Gasteiger partial charge in [-0.3, -0.25) is 0 Å². The summed E-state index contributed by atoms with van der Waals surface area (Å²) in [6.45, 7) is 2.89. The largest absolute Gasteiger partial charge is 0.368 e. The summed E-state index contributed by atoms with van der Waals surface area (Å²) in [6.07, 6.45) is 6.94. The van der Waals surface area contributed by atoms with Gasteiger partial charge in [-0.1, -0.05) is 18.9 Å². The molecular formula is C20H25FN4. The molecule has 4 rings (SSSR count). The predicted octanol–water partition coefficient (Wildman–Crippen LogP) is 4.51. The Morgan fingerprint density at radius 2 is 1.88 bits per heavy atom. The van der Waals surface area contributed by atoms with Gasteiger partial charge in [-0.2, -0.15) is 4.98 Å². The Morgan fingerprint density at radius 3 is 2.64 bits per heavy atom. The zero-order chi connectivity index (χ0) is 17.4. The van der Waals surface area contributed by atoms with Crippen LogP contribution in [0.5, 0.6) is 0 Å². The zero-order valence-corrected chi connectivity index (χ0v) is 14.7. The van der Waals surface area contributed by atoms with E-state index < -0.39 is 0 Å². The van der Waals surface area contributed by atoms with Crippen molar-refractivity contribution >= 4 is 11.8 Å². The Morgan fingerprint density at radius 1 is 1.04 bits per heavy atom. The average Bonchev–Trinajstić information content (AvgIpc) is 3.41. The first-order valence-corrected chi connectivity index (χ1v) is 9.29. The molecule has 1 aliphatic heterocycles. The Bertz CT molecular complexity index is 752. The molecule has 4 nitrogen and oxygen atoms in total. The molecule has 1 aliphatic carbocycles. The molecule has 5 heteroatoms. The van der Waals surface area contributed by atoms with Crippen molar-refractivity contribution in [2.75, 3.05) is 17.2 Å². The number of hydrogen-bond acceptors (Lipinski definition) is 4. The summed E-state index contributed by atoms with van der Waals surface area (Å²) in [7, 11) is 0. The van der Waals surface area contributed by atoms with Gasteiger partial charge in [-0.05, 0) is 61.8 Å². The highest BCUT2D eigenvalue weighted by Crippen LogP contribution is 2.46. The summed E-state index contributed by atoms with van der Waals surface area (Å²) < 4.78 is 13.9. The van der Waals surface area contributed by atoms with Crippen molar-refractivity contribution in [1.82, 2.24) is 9.97 Å². The summed E-state index contributed by atoms with van der Waals surface area (Å²) in [6, 6.07) is 7.57. The molecule has 0 bridgehead atoms. The third kappa shape index (κ3) is 3.46. The van der Waals surface area contributed by atoms with Crippen molar-refractivity contribution in [2.45, 2.75) is 57.4 Å². The molecule has 1 saturated carbocycles. The molecule has 2 fully saturated rings. The number of nitrogens with two attached hydrogens (primary N) is 1. The molecule has 1 aromatic carbocycles. The first kappa shape index (κ1) is 16.3. The third-order valence-corrected chi connectivity index (χ3v) is 5.33. The van der Waals surface area contributed by atoms with Crippen molar-refractivity contribution in [2.24, 2.45) is 0 Å². The monoisotopic (exact) mass is 340 g/mol. The number of benzene rings is 1. The van der Waals surface area contributed by atoms with Crippen molar-refractivity contribution in [3.05, 3.63) is 46.9 Å². The van der Waals surface area contributed by atoms with Crippen LogP contribution in [-0.2, 0) is 0 Å². The number of hydrogen-bond donors (Lipinski definition) is 1. The quantitative estimate of drug-likeness (QED) is 0.893. The van der Waals surface area contributed by atoms with Gasteiger partial charge in [0.05, 0.1) is 6.04 Å². The number of rotatable bonds is 3. The van der Waals surface area contributed by atoms with E-state index in [2.05, 4.69) is 14.9 Å². The molecule has 2 aliphatic rings. The molecule has 1 saturated heterocycles. The number of halogens is 1. The van der Waals surface area contributed by atoms with E-state index in [1.165, 1.54) is 36.8 Å². The molecule has 0 spiro atoms. The van der Waals surface area contributed by atoms with Crippen LogP contribution in [0.15, 0.2) is 24.3 Å². The van der Waals surface area contributed by atoms with Crippen LogP contribution in [0.2, 0.25) is 0 Å².